The molecule has 5 nitrogen and oxygen atoms in total. The molecule has 2 rings (SSSR count). The van der Waals surface area contributed by atoms with E-state index in [1.165, 1.54) is 0 Å². The lowest BCUT2D eigenvalue weighted by Gasteiger charge is -2.00. The zero-order valence-corrected chi connectivity index (χ0v) is 7.96. The second kappa shape index (κ2) is 3.80. The highest BCUT2D eigenvalue weighted by molar-refractivity contribution is 5.31. The van der Waals surface area contributed by atoms with Gasteiger partial charge in [-0.15, -0.1) is 5.10 Å². The van der Waals surface area contributed by atoms with Crippen LogP contribution in [-0.2, 0) is 6.54 Å². The van der Waals surface area contributed by atoms with Gasteiger partial charge < -0.3 is 5.73 Å². The molecule has 0 amide bonds. The van der Waals surface area contributed by atoms with E-state index in [0.717, 1.165) is 5.56 Å². The van der Waals surface area contributed by atoms with Crippen LogP contribution in [0, 0.1) is 11.3 Å². The van der Waals surface area contributed by atoms with Crippen molar-refractivity contribution < 1.29 is 0 Å². The number of benzene rings is 1. The Balaban J connectivity index is 2.15. The van der Waals surface area contributed by atoms with Crippen LogP contribution >= 0.6 is 0 Å². The van der Waals surface area contributed by atoms with Crippen LogP contribution in [0.15, 0.2) is 30.6 Å². The average Bonchev–Trinajstić information content (AvgIpc) is 2.65. The van der Waals surface area contributed by atoms with Crippen molar-refractivity contribution in [2.45, 2.75) is 6.54 Å². The summed E-state index contributed by atoms with van der Waals surface area (Å²) < 4.78 is 1.65. The normalized spacial score (nSPS) is 9.80. The summed E-state index contributed by atoms with van der Waals surface area (Å²) >= 11 is 0. The predicted octanol–water partition coefficient (Wildman–Crippen LogP) is 0.780. The van der Waals surface area contributed by atoms with Crippen LogP contribution < -0.4 is 5.73 Å². The Morgan fingerprint density at radius 3 is 2.60 bits per heavy atom. The molecule has 2 aromatic rings. The fraction of sp³-hybridized carbons (Fsp3) is 0.100. The maximum Gasteiger partial charge on any atom is 0.239 e. The standard InChI is InChI=1S/C10H9N5/c11-5-8-1-3-9(4-2-8)6-15-7-13-10(12)14-15/h1-4,7H,6H2,(H2,12,14). The van der Waals surface area contributed by atoms with Gasteiger partial charge in [-0.1, -0.05) is 12.1 Å². The van der Waals surface area contributed by atoms with Gasteiger partial charge in [0.1, 0.15) is 6.33 Å². The summed E-state index contributed by atoms with van der Waals surface area (Å²) in [6.45, 7) is 0.607. The van der Waals surface area contributed by atoms with Gasteiger partial charge in [0.25, 0.3) is 0 Å². The van der Waals surface area contributed by atoms with Crippen molar-refractivity contribution in [3.8, 4) is 6.07 Å². The number of hydrogen-bond acceptors (Lipinski definition) is 4. The van der Waals surface area contributed by atoms with Crippen LogP contribution in [0.3, 0.4) is 0 Å². The number of hydrogen-bond donors (Lipinski definition) is 1. The Morgan fingerprint density at radius 2 is 2.07 bits per heavy atom. The molecule has 1 aromatic carbocycles. The molecule has 0 aliphatic carbocycles. The summed E-state index contributed by atoms with van der Waals surface area (Å²) in [5.74, 6) is 0.267. The van der Waals surface area contributed by atoms with Gasteiger partial charge in [0.15, 0.2) is 0 Å². The van der Waals surface area contributed by atoms with Crippen molar-refractivity contribution in [3.05, 3.63) is 41.7 Å². The van der Waals surface area contributed by atoms with Gasteiger partial charge in [-0.3, -0.25) is 0 Å². The molecule has 1 aromatic heterocycles. The molecule has 15 heavy (non-hydrogen) atoms. The third kappa shape index (κ3) is 2.11. The van der Waals surface area contributed by atoms with Crippen LogP contribution in [0.1, 0.15) is 11.1 Å². The van der Waals surface area contributed by atoms with Gasteiger partial charge in [-0.05, 0) is 17.7 Å². The molecular formula is C10H9N5. The Kier molecular flexibility index (Phi) is 2.33. The SMILES string of the molecule is N#Cc1ccc(Cn2cnc(N)n2)cc1. The number of nitrogen functional groups attached to an aromatic ring is 1. The largest absolute Gasteiger partial charge is 0.367 e. The Hall–Kier alpha value is -2.35. The summed E-state index contributed by atoms with van der Waals surface area (Å²) in [5.41, 5.74) is 7.10. The summed E-state index contributed by atoms with van der Waals surface area (Å²) in [6, 6.07) is 9.38. The Labute approximate surface area is 86.8 Å². The van der Waals surface area contributed by atoms with E-state index in [1.54, 1.807) is 23.1 Å². The first-order valence-corrected chi connectivity index (χ1v) is 4.42. The highest BCUT2D eigenvalue weighted by atomic mass is 15.3. The van der Waals surface area contributed by atoms with E-state index in [0.29, 0.717) is 12.1 Å². The van der Waals surface area contributed by atoms with Gasteiger partial charge >= 0.3 is 0 Å². The molecule has 0 atom stereocenters. The first kappa shape index (κ1) is 9.21. The zero-order chi connectivity index (χ0) is 10.7. The molecule has 0 fully saturated rings. The maximum atomic E-state index is 8.63. The Bertz CT molecular complexity index is 491. The van der Waals surface area contributed by atoms with Crippen LogP contribution in [0.5, 0.6) is 0 Å². The molecule has 0 aliphatic rings. The minimum Gasteiger partial charge on any atom is -0.367 e. The Morgan fingerprint density at radius 1 is 1.33 bits per heavy atom. The molecule has 0 radical (unpaired) electrons. The smallest absolute Gasteiger partial charge is 0.239 e. The molecular weight excluding hydrogens is 190 g/mol. The van der Waals surface area contributed by atoms with E-state index in [4.69, 9.17) is 11.0 Å². The van der Waals surface area contributed by atoms with E-state index in [-0.39, 0.29) is 5.95 Å². The van der Waals surface area contributed by atoms with Crippen molar-refractivity contribution in [1.82, 2.24) is 14.8 Å². The van der Waals surface area contributed by atoms with Gasteiger partial charge in [0.05, 0.1) is 18.2 Å². The first-order valence-electron chi connectivity index (χ1n) is 4.42. The molecule has 0 bridgehead atoms. The van der Waals surface area contributed by atoms with Gasteiger partial charge in [-0.25, -0.2) is 9.67 Å². The third-order valence-electron chi connectivity index (χ3n) is 1.98. The summed E-state index contributed by atoms with van der Waals surface area (Å²) in [4.78, 5) is 3.82. The molecule has 2 N–H and O–H groups in total. The number of nitrogens with zero attached hydrogens (tertiary/aromatic N) is 4. The predicted molar refractivity (Wildman–Crippen MR) is 54.7 cm³/mol. The summed E-state index contributed by atoms with van der Waals surface area (Å²) in [7, 11) is 0. The summed E-state index contributed by atoms with van der Waals surface area (Å²) in [5, 5.41) is 12.6. The molecule has 1 heterocycles. The molecule has 74 valence electrons. The monoisotopic (exact) mass is 199 g/mol. The van der Waals surface area contributed by atoms with Gasteiger partial charge in [0.2, 0.25) is 5.95 Å². The van der Waals surface area contributed by atoms with Gasteiger partial charge in [-0.2, -0.15) is 5.26 Å². The summed E-state index contributed by atoms with van der Waals surface area (Å²) in [6.07, 6.45) is 1.58. The lowest BCUT2D eigenvalue weighted by Crippen LogP contribution is -2.00. The molecule has 0 saturated heterocycles. The number of anilines is 1. The molecule has 0 spiro atoms. The highest BCUT2D eigenvalue weighted by Gasteiger charge is 1.98. The second-order valence-electron chi connectivity index (χ2n) is 3.11. The van der Waals surface area contributed by atoms with Gasteiger partial charge in [0, 0.05) is 0 Å². The van der Waals surface area contributed by atoms with E-state index in [9.17, 15) is 0 Å². The van der Waals surface area contributed by atoms with Crippen molar-refractivity contribution in [2.24, 2.45) is 0 Å². The molecule has 0 unspecified atom stereocenters. The fourth-order valence-electron chi connectivity index (χ4n) is 1.26. The van der Waals surface area contributed by atoms with Crippen LogP contribution in [0.2, 0.25) is 0 Å². The minimum absolute atomic E-state index is 0.267. The molecule has 0 aliphatic heterocycles. The van der Waals surface area contributed by atoms with E-state index in [2.05, 4.69) is 16.2 Å². The van der Waals surface area contributed by atoms with Crippen molar-refractivity contribution >= 4 is 5.95 Å². The topological polar surface area (TPSA) is 80.5 Å². The first-order chi connectivity index (χ1) is 7.28. The third-order valence-corrected chi connectivity index (χ3v) is 1.98. The number of aromatic nitrogens is 3. The zero-order valence-electron chi connectivity index (χ0n) is 7.96. The number of nitriles is 1. The van der Waals surface area contributed by atoms with Crippen LogP contribution in [0.4, 0.5) is 5.95 Å². The quantitative estimate of drug-likeness (QED) is 0.775. The van der Waals surface area contributed by atoms with Crippen LogP contribution in [-0.4, -0.2) is 14.8 Å². The fourth-order valence-corrected chi connectivity index (χ4v) is 1.26. The number of rotatable bonds is 2. The molecule has 5 heteroatoms. The van der Waals surface area contributed by atoms with Crippen molar-refractivity contribution in [1.29, 1.82) is 5.26 Å². The van der Waals surface area contributed by atoms with Crippen molar-refractivity contribution in [2.75, 3.05) is 5.73 Å². The van der Waals surface area contributed by atoms with Crippen molar-refractivity contribution in [3.63, 3.8) is 0 Å². The minimum atomic E-state index is 0.267. The lowest BCUT2D eigenvalue weighted by molar-refractivity contribution is 0.687. The highest BCUT2D eigenvalue weighted by Crippen LogP contribution is 2.05. The van der Waals surface area contributed by atoms with Crippen LogP contribution in [0.25, 0.3) is 0 Å². The second-order valence-corrected chi connectivity index (χ2v) is 3.11. The van der Waals surface area contributed by atoms with E-state index in [1.807, 2.05) is 12.1 Å². The maximum absolute atomic E-state index is 8.63. The lowest BCUT2D eigenvalue weighted by atomic mass is 10.1. The molecule has 0 saturated carbocycles. The van der Waals surface area contributed by atoms with E-state index >= 15 is 0 Å². The number of nitrogens with two attached hydrogens (primary N) is 1. The van der Waals surface area contributed by atoms with E-state index < -0.39 is 0 Å². The average molecular weight is 199 g/mol.